The predicted molar refractivity (Wildman–Crippen MR) is 76.6 cm³/mol. The second-order valence-electron chi connectivity index (χ2n) is 5.41. The van der Waals surface area contributed by atoms with Gasteiger partial charge in [-0.05, 0) is 40.8 Å². The second kappa shape index (κ2) is 6.33. The lowest BCUT2D eigenvalue weighted by Crippen LogP contribution is -2.28. The zero-order valence-electron chi connectivity index (χ0n) is 11.3. The Labute approximate surface area is 125 Å². The lowest BCUT2D eigenvalue weighted by atomic mass is 9.97. The van der Waals surface area contributed by atoms with Gasteiger partial charge >= 0.3 is 6.18 Å². The molecule has 20 heavy (non-hydrogen) atoms. The van der Waals surface area contributed by atoms with E-state index in [1.807, 2.05) is 0 Å². The Kier molecular flexibility index (Phi) is 4.94. The molecule has 112 valence electrons. The number of rotatable bonds is 2. The normalized spacial score (nSPS) is 24.2. The molecule has 0 aromatic carbocycles. The predicted octanol–water partition coefficient (Wildman–Crippen LogP) is 5.24. The van der Waals surface area contributed by atoms with E-state index in [2.05, 4.69) is 33.2 Å². The number of alkyl halides is 3. The van der Waals surface area contributed by atoms with Crippen molar-refractivity contribution < 1.29 is 13.2 Å². The van der Waals surface area contributed by atoms with Gasteiger partial charge in [-0.1, -0.05) is 26.2 Å². The van der Waals surface area contributed by atoms with Crippen LogP contribution in [0.2, 0.25) is 0 Å². The summed E-state index contributed by atoms with van der Waals surface area (Å²) in [6, 6.07) is 1.14. The van der Waals surface area contributed by atoms with Crippen LogP contribution < -0.4 is 5.32 Å². The van der Waals surface area contributed by atoms with Gasteiger partial charge in [0.25, 0.3) is 0 Å². The minimum Gasteiger partial charge on any atom is -0.367 e. The van der Waals surface area contributed by atoms with Crippen LogP contribution in [0.25, 0.3) is 0 Å². The highest BCUT2D eigenvalue weighted by Gasteiger charge is 2.35. The Bertz CT molecular complexity index is 462. The van der Waals surface area contributed by atoms with Crippen molar-refractivity contribution in [3.05, 3.63) is 22.3 Å². The van der Waals surface area contributed by atoms with Crippen molar-refractivity contribution in [3.8, 4) is 0 Å². The molecule has 2 unspecified atom stereocenters. The molecular formula is C14H18BrF3N2. The Morgan fingerprint density at radius 2 is 1.95 bits per heavy atom. The van der Waals surface area contributed by atoms with Gasteiger partial charge in [0.2, 0.25) is 0 Å². The molecule has 0 spiro atoms. The largest absolute Gasteiger partial charge is 0.419 e. The number of anilines is 1. The molecule has 2 rings (SSSR count). The molecule has 0 bridgehead atoms. The summed E-state index contributed by atoms with van der Waals surface area (Å²) < 4.78 is 39.5. The number of aromatic nitrogens is 1. The zero-order chi connectivity index (χ0) is 14.8. The van der Waals surface area contributed by atoms with E-state index in [9.17, 15) is 13.2 Å². The molecule has 2 nitrogen and oxygen atoms in total. The van der Waals surface area contributed by atoms with Crippen molar-refractivity contribution in [2.75, 3.05) is 5.32 Å². The van der Waals surface area contributed by atoms with Crippen molar-refractivity contribution in [2.24, 2.45) is 5.92 Å². The van der Waals surface area contributed by atoms with E-state index in [1.54, 1.807) is 0 Å². The highest BCUT2D eigenvalue weighted by Crippen LogP contribution is 2.36. The molecule has 1 fully saturated rings. The average molecular weight is 351 g/mol. The number of pyridine rings is 1. The molecule has 0 aliphatic heterocycles. The SMILES string of the molecule is CC1CCCCCC1Nc1ncc(Br)cc1C(F)(F)F. The van der Waals surface area contributed by atoms with Crippen molar-refractivity contribution in [2.45, 2.75) is 51.2 Å². The van der Waals surface area contributed by atoms with Gasteiger partial charge in [-0.3, -0.25) is 0 Å². The summed E-state index contributed by atoms with van der Waals surface area (Å²) in [5.41, 5.74) is -0.705. The van der Waals surface area contributed by atoms with Gasteiger partial charge in [0.15, 0.2) is 0 Å². The maximum atomic E-state index is 13.1. The maximum absolute atomic E-state index is 13.1. The molecular weight excluding hydrogens is 333 g/mol. The van der Waals surface area contributed by atoms with Gasteiger partial charge in [-0.15, -0.1) is 0 Å². The molecule has 1 aromatic rings. The molecule has 2 atom stereocenters. The Balaban J connectivity index is 2.24. The minimum atomic E-state index is -4.40. The van der Waals surface area contributed by atoms with E-state index in [-0.39, 0.29) is 11.9 Å². The lowest BCUT2D eigenvalue weighted by molar-refractivity contribution is -0.137. The monoisotopic (exact) mass is 350 g/mol. The van der Waals surface area contributed by atoms with Crippen LogP contribution in [0.1, 0.15) is 44.6 Å². The fourth-order valence-electron chi connectivity index (χ4n) is 2.65. The summed E-state index contributed by atoms with van der Waals surface area (Å²) >= 11 is 3.05. The Morgan fingerprint density at radius 1 is 1.25 bits per heavy atom. The van der Waals surface area contributed by atoms with Crippen molar-refractivity contribution in [1.29, 1.82) is 0 Å². The minimum absolute atomic E-state index is 0.0561. The van der Waals surface area contributed by atoms with Crippen LogP contribution in [0.3, 0.4) is 0 Å². The second-order valence-corrected chi connectivity index (χ2v) is 6.33. The number of nitrogens with zero attached hydrogens (tertiary/aromatic N) is 1. The average Bonchev–Trinajstić information content (AvgIpc) is 2.56. The number of halogens is 4. The third kappa shape index (κ3) is 3.87. The van der Waals surface area contributed by atoms with Crippen LogP contribution in [-0.4, -0.2) is 11.0 Å². The van der Waals surface area contributed by atoms with Gasteiger partial charge in [0, 0.05) is 16.7 Å². The van der Waals surface area contributed by atoms with Crippen LogP contribution in [0.5, 0.6) is 0 Å². The molecule has 1 aromatic heterocycles. The summed E-state index contributed by atoms with van der Waals surface area (Å²) in [5.74, 6) is 0.309. The van der Waals surface area contributed by atoms with E-state index in [0.717, 1.165) is 38.2 Å². The van der Waals surface area contributed by atoms with Gasteiger partial charge in [-0.2, -0.15) is 13.2 Å². The topological polar surface area (TPSA) is 24.9 Å². The number of hydrogen-bond acceptors (Lipinski definition) is 2. The van der Waals surface area contributed by atoms with Crippen LogP contribution in [0, 0.1) is 5.92 Å². The quantitative estimate of drug-likeness (QED) is 0.737. The fraction of sp³-hybridized carbons (Fsp3) is 0.643. The first-order chi connectivity index (χ1) is 9.38. The van der Waals surface area contributed by atoms with E-state index >= 15 is 0 Å². The van der Waals surface area contributed by atoms with E-state index < -0.39 is 11.7 Å². The molecule has 1 aliphatic rings. The number of nitrogens with one attached hydrogen (secondary N) is 1. The highest BCUT2D eigenvalue weighted by molar-refractivity contribution is 9.10. The third-order valence-electron chi connectivity index (χ3n) is 3.84. The van der Waals surface area contributed by atoms with Gasteiger partial charge in [0.1, 0.15) is 5.82 Å². The van der Waals surface area contributed by atoms with Gasteiger partial charge in [0.05, 0.1) is 5.56 Å². The lowest BCUT2D eigenvalue weighted by Gasteiger charge is -2.25. The smallest absolute Gasteiger partial charge is 0.367 e. The van der Waals surface area contributed by atoms with E-state index in [0.29, 0.717) is 10.4 Å². The molecule has 1 heterocycles. The van der Waals surface area contributed by atoms with Crippen molar-refractivity contribution >= 4 is 21.7 Å². The van der Waals surface area contributed by atoms with E-state index in [4.69, 9.17) is 0 Å². The van der Waals surface area contributed by atoms with Crippen LogP contribution in [-0.2, 0) is 6.18 Å². The summed E-state index contributed by atoms with van der Waals surface area (Å²) in [4.78, 5) is 3.93. The molecule has 1 aliphatic carbocycles. The molecule has 0 amide bonds. The number of hydrogen-bond donors (Lipinski definition) is 1. The fourth-order valence-corrected chi connectivity index (χ4v) is 2.98. The standard InChI is InChI=1S/C14H18BrF3N2/c1-9-5-3-2-4-6-12(9)20-13-11(14(16,17)18)7-10(15)8-19-13/h7-9,12H,2-6H2,1H3,(H,19,20). The zero-order valence-corrected chi connectivity index (χ0v) is 12.9. The first-order valence-electron chi connectivity index (χ1n) is 6.87. The molecule has 0 radical (unpaired) electrons. The molecule has 0 saturated heterocycles. The summed E-state index contributed by atoms with van der Waals surface area (Å²) in [6.07, 6.45) is 2.32. The Hall–Kier alpha value is -0.780. The maximum Gasteiger partial charge on any atom is 0.419 e. The van der Waals surface area contributed by atoms with E-state index in [1.165, 1.54) is 6.20 Å². The first kappa shape index (κ1) is 15.6. The highest BCUT2D eigenvalue weighted by atomic mass is 79.9. The van der Waals surface area contributed by atoms with Gasteiger partial charge < -0.3 is 5.32 Å². The molecule has 6 heteroatoms. The molecule has 1 N–H and O–H groups in total. The summed E-state index contributed by atoms with van der Waals surface area (Å²) in [6.45, 7) is 2.09. The first-order valence-corrected chi connectivity index (χ1v) is 7.66. The van der Waals surface area contributed by atoms with Crippen molar-refractivity contribution in [1.82, 2.24) is 4.98 Å². The van der Waals surface area contributed by atoms with Crippen molar-refractivity contribution in [3.63, 3.8) is 0 Å². The Morgan fingerprint density at radius 3 is 2.65 bits per heavy atom. The van der Waals surface area contributed by atoms with Crippen LogP contribution in [0.4, 0.5) is 19.0 Å². The van der Waals surface area contributed by atoms with Crippen LogP contribution >= 0.6 is 15.9 Å². The summed E-state index contributed by atoms with van der Waals surface area (Å²) in [7, 11) is 0. The van der Waals surface area contributed by atoms with Gasteiger partial charge in [-0.25, -0.2) is 4.98 Å². The third-order valence-corrected chi connectivity index (χ3v) is 4.28. The molecule has 1 saturated carbocycles. The van der Waals surface area contributed by atoms with Crippen LogP contribution in [0.15, 0.2) is 16.7 Å². The summed E-state index contributed by atoms with van der Waals surface area (Å²) in [5, 5.41) is 3.02.